The highest BCUT2D eigenvalue weighted by molar-refractivity contribution is 14.0. The van der Waals surface area contributed by atoms with Crippen molar-refractivity contribution in [3.05, 3.63) is 47.3 Å². The summed E-state index contributed by atoms with van der Waals surface area (Å²) in [6.45, 7) is 9.20. The van der Waals surface area contributed by atoms with Crippen LogP contribution in [0.1, 0.15) is 23.4 Å². The highest BCUT2D eigenvalue weighted by atomic mass is 127. The van der Waals surface area contributed by atoms with Crippen molar-refractivity contribution in [2.45, 2.75) is 33.7 Å². The summed E-state index contributed by atoms with van der Waals surface area (Å²) in [5, 5.41) is 11.0. The summed E-state index contributed by atoms with van der Waals surface area (Å²) in [7, 11) is 1.78. The smallest absolute Gasteiger partial charge is 0.191 e. The SMILES string of the molecule is CN=C(NCCCn1nc(C)cc1C)NCCOc1cccc(C)c1.I. The molecule has 0 aliphatic rings. The Labute approximate surface area is 173 Å². The van der Waals surface area contributed by atoms with Crippen molar-refractivity contribution in [3.8, 4) is 5.75 Å². The fraction of sp³-hybridized carbons (Fsp3) is 0.474. The number of rotatable bonds is 8. The second-order valence-corrected chi connectivity index (χ2v) is 6.09. The van der Waals surface area contributed by atoms with E-state index in [0.717, 1.165) is 36.9 Å². The third kappa shape index (κ3) is 7.63. The second kappa shape index (κ2) is 11.8. The van der Waals surface area contributed by atoms with Crippen LogP contribution in [0.5, 0.6) is 5.75 Å². The molecule has 0 radical (unpaired) electrons. The molecule has 2 rings (SSSR count). The molecule has 0 atom stereocenters. The number of aliphatic imine (C=N–C) groups is 1. The summed E-state index contributed by atoms with van der Waals surface area (Å²) in [5.74, 6) is 1.69. The van der Waals surface area contributed by atoms with Crippen LogP contribution in [0.25, 0.3) is 0 Å². The molecule has 1 aromatic heterocycles. The molecule has 144 valence electrons. The number of guanidine groups is 1. The average molecular weight is 471 g/mol. The molecular weight excluding hydrogens is 441 g/mol. The zero-order chi connectivity index (χ0) is 18.1. The number of hydrogen-bond donors (Lipinski definition) is 2. The highest BCUT2D eigenvalue weighted by Gasteiger charge is 2.01. The summed E-state index contributed by atoms with van der Waals surface area (Å²) in [5.41, 5.74) is 3.47. The molecule has 0 saturated carbocycles. The van der Waals surface area contributed by atoms with Crippen molar-refractivity contribution in [3.63, 3.8) is 0 Å². The average Bonchev–Trinajstić information content (AvgIpc) is 2.91. The fourth-order valence-corrected chi connectivity index (χ4v) is 2.60. The van der Waals surface area contributed by atoms with Gasteiger partial charge in [0, 0.05) is 25.8 Å². The normalized spacial score (nSPS) is 11.0. The molecule has 0 bridgehead atoms. The van der Waals surface area contributed by atoms with Crippen LogP contribution < -0.4 is 15.4 Å². The standard InChI is InChI=1S/C19H29N5O.HI/c1-15-7-5-8-18(13-15)25-12-10-22-19(20-4)21-9-6-11-24-17(3)14-16(2)23-24;/h5,7-8,13-14H,6,9-12H2,1-4H3,(H2,20,21,22);1H. The van der Waals surface area contributed by atoms with Gasteiger partial charge in [-0.1, -0.05) is 12.1 Å². The van der Waals surface area contributed by atoms with Crippen LogP contribution in [-0.4, -0.2) is 42.5 Å². The molecule has 0 spiro atoms. The third-order valence-electron chi connectivity index (χ3n) is 3.82. The van der Waals surface area contributed by atoms with E-state index in [2.05, 4.69) is 46.7 Å². The molecule has 0 amide bonds. The van der Waals surface area contributed by atoms with Gasteiger partial charge in [-0.25, -0.2) is 0 Å². The predicted molar refractivity (Wildman–Crippen MR) is 118 cm³/mol. The van der Waals surface area contributed by atoms with Crippen molar-refractivity contribution in [2.75, 3.05) is 26.7 Å². The predicted octanol–water partition coefficient (Wildman–Crippen LogP) is 3.06. The Bertz CT molecular complexity index is 699. The Balaban J connectivity index is 0.00000338. The lowest BCUT2D eigenvalue weighted by molar-refractivity contribution is 0.321. The van der Waals surface area contributed by atoms with E-state index in [4.69, 9.17) is 4.74 Å². The third-order valence-corrected chi connectivity index (χ3v) is 3.82. The minimum Gasteiger partial charge on any atom is -0.492 e. The van der Waals surface area contributed by atoms with E-state index < -0.39 is 0 Å². The van der Waals surface area contributed by atoms with Gasteiger partial charge in [-0.05, 0) is 51.0 Å². The summed E-state index contributed by atoms with van der Waals surface area (Å²) in [4.78, 5) is 4.23. The molecule has 26 heavy (non-hydrogen) atoms. The number of aromatic nitrogens is 2. The van der Waals surface area contributed by atoms with Crippen LogP contribution in [0, 0.1) is 20.8 Å². The maximum absolute atomic E-state index is 5.72. The van der Waals surface area contributed by atoms with Crippen molar-refractivity contribution in [1.82, 2.24) is 20.4 Å². The molecule has 1 heterocycles. The number of nitrogens with one attached hydrogen (secondary N) is 2. The molecular formula is C19H30IN5O. The van der Waals surface area contributed by atoms with Gasteiger partial charge < -0.3 is 15.4 Å². The molecule has 0 aliphatic heterocycles. The van der Waals surface area contributed by atoms with Gasteiger partial charge in [0.05, 0.1) is 12.2 Å². The van der Waals surface area contributed by atoms with Gasteiger partial charge in [0.25, 0.3) is 0 Å². The Morgan fingerprint density at radius 1 is 1.15 bits per heavy atom. The van der Waals surface area contributed by atoms with Crippen LogP contribution in [0.3, 0.4) is 0 Å². The highest BCUT2D eigenvalue weighted by Crippen LogP contribution is 2.11. The van der Waals surface area contributed by atoms with Gasteiger partial charge in [-0.2, -0.15) is 5.10 Å². The molecule has 2 aromatic rings. The maximum atomic E-state index is 5.72. The second-order valence-electron chi connectivity index (χ2n) is 6.09. The summed E-state index contributed by atoms with van der Waals surface area (Å²) >= 11 is 0. The van der Waals surface area contributed by atoms with Gasteiger partial charge in [0.2, 0.25) is 0 Å². The van der Waals surface area contributed by atoms with Gasteiger partial charge >= 0.3 is 0 Å². The zero-order valence-electron chi connectivity index (χ0n) is 16.1. The Morgan fingerprint density at radius 3 is 2.58 bits per heavy atom. The van der Waals surface area contributed by atoms with Gasteiger partial charge in [-0.3, -0.25) is 9.67 Å². The van der Waals surface area contributed by atoms with E-state index in [1.54, 1.807) is 7.05 Å². The first kappa shape index (κ1) is 22.3. The van der Waals surface area contributed by atoms with E-state index >= 15 is 0 Å². The van der Waals surface area contributed by atoms with Gasteiger partial charge in [0.15, 0.2) is 5.96 Å². The van der Waals surface area contributed by atoms with Crippen molar-refractivity contribution in [2.24, 2.45) is 4.99 Å². The number of hydrogen-bond acceptors (Lipinski definition) is 3. The number of nitrogens with zero attached hydrogens (tertiary/aromatic N) is 3. The first-order valence-electron chi connectivity index (χ1n) is 8.73. The van der Waals surface area contributed by atoms with Crippen LogP contribution in [0.4, 0.5) is 0 Å². The van der Waals surface area contributed by atoms with E-state index in [-0.39, 0.29) is 24.0 Å². The monoisotopic (exact) mass is 471 g/mol. The molecule has 0 fully saturated rings. The first-order chi connectivity index (χ1) is 12.1. The lowest BCUT2D eigenvalue weighted by atomic mass is 10.2. The quantitative estimate of drug-likeness (QED) is 0.269. The molecule has 1 aromatic carbocycles. The Hall–Kier alpha value is -1.77. The lowest BCUT2D eigenvalue weighted by Crippen LogP contribution is -2.39. The van der Waals surface area contributed by atoms with Crippen LogP contribution >= 0.6 is 24.0 Å². The maximum Gasteiger partial charge on any atom is 0.191 e. The number of benzene rings is 1. The minimum atomic E-state index is 0. The summed E-state index contributed by atoms with van der Waals surface area (Å²) in [6, 6.07) is 10.2. The van der Waals surface area contributed by atoms with Crippen LogP contribution in [-0.2, 0) is 6.54 Å². The zero-order valence-corrected chi connectivity index (χ0v) is 18.4. The Kier molecular flexibility index (Phi) is 10.1. The number of aryl methyl sites for hydroxylation is 4. The fourth-order valence-electron chi connectivity index (χ4n) is 2.60. The minimum absolute atomic E-state index is 0. The van der Waals surface area contributed by atoms with Crippen molar-refractivity contribution >= 4 is 29.9 Å². The summed E-state index contributed by atoms with van der Waals surface area (Å²) in [6.07, 6.45) is 0.989. The molecule has 6 nitrogen and oxygen atoms in total. The molecule has 0 aliphatic carbocycles. The van der Waals surface area contributed by atoms with E-state index in [1.807, 2.05) is 29.8 Å². The molecule has 0 unspecified atom stereocenters. The molecule has 0 saturated heterocycles. The van der Waals surface area contributed by atoms with Crippen molar-refractivity contribution in [1.29, 1.82) is 0 Å². The van der Waals surface area contributed by atoms with Gasteiger partial charge in [-0.15, -0.1) is 24.0 Å². The first-order valence-corrected chi connectivity index (χ1v) is 8.73. The molecule has 2 N–H and O–H groups in total. The van der Waals surface area contributed by atoms with E-state index in [1.165, 1.54) is 11.3 Å². The topological polar surface area (TPSA) is 63.5 Å². The lowest BCUT2D eigenvalue weighted by Gasteiger charge is -2.13. The Morgan fingerprint density at radius 2 is 1.92 bits per heavy atom. The number of halogens is 1. The van der Waals surface area contributed by atoms with E-state index in [0.29, 0.717) is 13.2 Å². The van der Waals surface area contributed by atoms with E-state index in [9.17, 15) is 0 Å². The van der Waals surface area contributed by atoms with Crippen LogP contribution in [0.15, 0.2) is 35.3 Å². The largest absolute Gasteiger partial charge is 0.492 e. The summed E-state index contributed by atoms with van der Waals surface area (Å²) < 4.78 is 7.77. The molecule has 7 heteroatoms. The number of ether oxygens (including phenoxy) is 1. The van der Waals surface area contributed by atoms with Crippen molar-refractivity contribution < 1.29 is 4.74 Å². The van der Waals surface area contributed by atoms with Gasteiger partial charge in [0.1, 0.15) is 12.4 Å². The van der Waals surface area contributed by atoms with Crippen LogP contribution in [0.2, 0.25) is 0 Å².